The number of hydrogen-bond acceptors (Lipinski definition) is 4. The zero-order valence-electron chi connectivity index (χ0n) is 10.2. The molecule has 4 N–H and O–H groups in total. The highest BCUT2D eigenvalue weighted by molar-refractivity contribution is 5.76. The molecule has 0 radical (unpaired) electrons. The first-order valence-electron chi connectivity index (χ1n) is 5.78. The van der Waals surface area contributed by atoms with E-state index >= 15 is 0 Å². The molecule has 16 heavy (non-hydrogen) atoms. The Labute approximate surface area is 97.3 Å². The molecular formula is C11H24N2O3. The van der Waals surface area contributed by atoms with Crippen LogP contribution in [0.5, 0.6) is 0 Å². The van der Waals surface area contributed by atoms with Gasteiger partial charge in [0.2, 0.25) is 5.91 Å². The number of aliphatic hydroxyl groups excluding tert-OH is 1. The third kappa shape index (κ3) is 8.64. The quantitative estimate of drug-likeness (QED) is 0.484. The van der Waals surface area contributed by atoms with Crippen LogP contribution in [0, 0.1) is 5.92 Å². The second-order valence-electron chi connectivity index (χ2n) is 4.15. The number of carbonyl (C=O) groups is 1. The van der Waals surface area contributed by atoms with Gasteiger partial charge in [0.05, 0.1) is 13.2 Å². The van der Waals surface area contributed by atoms with Gasteiger partial charge >= 0.3 is 0 Å². The summed E-state index contributed by atoms with van der Waals surface area (Å²) in [5.74, 6) is 0.307. The first-order valence-corrected chi connectivity index (χ1v) is 5.78. The average Bonchev–Trinajstić information content (AvgIpc) is 2.23. The number of ether oxygens (including phenoxy) is 1. The van der Waals surface area contributed by atoms with Gasteiger partial charge in [-0.25, -0.2) is 0 Å². The second-order valence-corrected chi connectivity index (χ2v) is 4.15. The van der Waals surface area contributed by atoms with Gasteiger partial charge < -0.3 is 20.9 Å². The normalized spacial score (nSPS) is 12.8. The van der Waals surface area contributed by atoms with E-state index in [1.54, 1.807) is 0 Å². The van der Waals surface area contributed by atoms with Crippen molar-refractivity contribution in [2.75, 3.05) is 26.4 Å². The third-order valence-electron chi connectivity index (χ3n) is 2.30. The van der Waals surface area contributed by atoms with Crippen LogP contribution in [0.2, 0.25) is 0 Å². The van der Waals surface area contributed by atoms with E-state index in [1.807, 2.05) is 13.8 Å². The Bertz CT molecular complexity index is 186. The van der Waals surface area contributed by atoms with Crippen LogP contribution < -0.4 is 11.1 Å². The molecule has 0 heterocycles. The van der Waals surface area contributed by atoms with Crippen LogP contribution in [-0.4, -0.2) is 43.4 Å². The summed E-state index contributed by atoms with van der Waals surface area (Å²) >= 11 is 0. The first-order chi connectivity index (χ1) is 7.57. The minimum Gasteiger partial charge on any atom is -0.394 e. The van der Waals surface area contributed by atoms with Crippen molar-refractivity contribution in [2.24, 2.45) is 11.7 Å². The predicted octanol–water partition coefficient (Wildman–Crippen LogP) is -0.125. The molecule has 0 aliphatic rings. The van der Waals surface area contributed by atoms with E-state index in [9.17, 15) is 4.79 Å². The summed E-state index contributed by atoms with van der Waals surface area (Å²) < 4.78 is 5.06. The van der Waals surface area contributed by atoms with Crippen LogP contribution in [0.25, 0.3) is 0 Å². The zero-order chi connectivity index (χ0) is 12.4. The summed E-state index contributed by atoms with van der Waals surface area (Å²) in [4.78, 5) is 11.4. The Morgan fingerprint density at radius 1 is 1.44 bits per heavy atom. The smallest absolute Gasteiger partial charge is 0.221 e. The maximum atomic E-state index is 11.4. The summed E-state index contributed by atoms with van der Waals surface area (Å²) in [5, 5.41) is 11.2. The van der Waals surface area contributed by atoms with Crippen molar-refractivity contribution in [1.29, 1.82) is 0 Å². The molecule has 0 aromatic carbocycles. The highest BCUT2D eigenvalue weighted by Crippen LogP contribution is 2.02. The van der Waals surface area contributed by atoms with Crippen LogP contribution in [0.1, 0.15) is 26.7 Å². The van der Waals surface area contributed by atoms with E-state index < -0.39 is 0 Å². The minimum absolute atomic E-state index is 0.0108. The summed E-state index contributed by atoms with van der Waals surface area (Å²) in [5.41, 5.74) is 5.77. The Morgan fingerprint density at radius 2 is 2.12 bits per heavy atom. The molecule has 0 aromatic heterocycles. The van der Waals surface area contributed by atoms with E-state index in [1.165, 1.54) is 0 Å². The van der Waals surface area contributed by atoms with Gasteiger partial charge in [-0.1, -0.05) is 13.8 Å². The molecule has 0 aliphatic carbocycles. The van der Waals surface area contributed by atoms with Crippen molar-refractivity contribution in [2.45, 2.75) is 32.7 Å². The lowest BCUT2D eigenvalue weighted by Crippen LogP contribution is -2.35. The topological polar surface area (TPSA) is 84.6 Å². The zero-order valence-corrected chi connectivity index (χ0v) is 10.2. The molecule has 0 aliphatic heterocycles. The standard InChI is InChI=1S/C11H24N2O3/c1-9(2)10(12)8-11(15)13-4-3-6-16-7-5-14/h9-10,14H,3-8,12H2,1-2H3,(H,13,15). The van der Waals surface area contributed by atoms with E-state index in [0.717, 1.165) is 6.42 Å². The molecule has 0 saturated carbocycles. The molecule has 1 amide bonds. The van der Waals surface area contributed by atoms with Crippen molar-refractivity contribution in [1.82, 2.24) is 5.32 Å². The summed E-state index contributed by atoms with van der Waals surface area (Å²) in [6.45, 7) is 5.54. The Hall–Kier alpha value is -0.650. The lowest BCUT2D eigenvalue weighted by Gasteiger charge is -2.14. The van der Waals surface area contributed by atoms with E-state index in [-0.39, 0.29) is 18.6 Å². The Balaban J connectivity index is 3.37. The maximum absolute atomic E-state index is 11.4. The molecule has 5 heteroatoms. The SMILES string of the molecule is CC(C)C(N)CC(=O)NCCCOCCO. The monoisotopic (exact) mass is 232 g/mol. The summed E-state index contributed by atoms with van der Waals surface area (Å²) in [6.07, 6.45) is 1.12. The molecule has 1 unspecified atom stereocenters. The molecule has 0 bridgehead atoms. The highest BCUT2D eigenvalue weighted by atomic mass is 16.5. The minimum atomic E-state index is -0.0781. The lowest BCUT2D eigenvalue weighted by atomic mass is 10.0. The van der Waals surface area contributed by atoms with Gasteiger partial charge in [-0.2, -0.15) is 0 Å². The van der Waals surface area contributed by atoms with Gasteiger partial charge in [0.15, 0.2) is 0 Å². The van der Waals surface area contributed by atoms with Crippen molar-refractivity contribution in [3.05, 3.63) is 0 Å². The number of aliphatic hydroxyl groups is 1. The fraction of sp³-hybridized carbons (Fsp3) is 0.909. The van der Waals surface area contributed by atoms with Gasteiger partial charge in [-0.05, 0) is 12.3 Å². The number of amides is 1. The van der Waals surface area contributed by atoms with Crippen LogP contribution in [0.15, 0.2) is 0 Å². The summed E-state index contributed by atoms with van der Waals surface area (Å²) in [7, 11) is 0. The molecule has 0 spiro atoms. The number of carbonyl (C=O) groups excluding carboxylic acids is 1. The van der Waals surface area contributed by atoms with Crippen LogP contribution in [0.4, 0.5) is 0 Å². The average molecular weight is 232 g/mol. The van der Waals surface area contributed by atoms with Gasteiger partial charge in [0.25, 0.3) is 0 Å². The van der Waals surface area contributed by atoms with Crippen LogP contribution >= 0.6 is 0 Å². The van der Waals surface area contributed by atoms with E-state index in [0.29, 0.717) is 32.1 Å². The molecule has 96 valence electrons. The Kier molecular flexibility index (Phi) is 9.18. The van der Waals surface area contributed by atoms with E-state index in [4.69, 9.17) is 15.6 Å². The second kappa shape index (κ2) is 9.57. The highest BCUT2D eigenvalue weighted by Gasteiger charge is 2.11. The number of nitrogens with two attached hydrogens (primary N) is 1. The van der Waals surface area contributed by atoms with Crippen LogP contribution in [0.3, 0.4) is 0 Å². The fourth-order valence-corrected chi connectivity index (χ4v) is 1.09. The van der Waals surface area contributed by atoms with Gasteiger partial charge in [-0.3, -0.25) is 4.79 Å². The molecule has 5 nitrogen and oxygen atoms in total. The van der Waals surface area contributed by atoms with Crippen molar-refractivity contribution < 1.29 is 14.6 Å². The molecule has 0 fully saturated rings. The van der Waals surface area contributed by atoms with Gasteiger partial charge in [0.1, 0.15) is 0 Å². The largest absolute Gasteiger partial charge is 0.394 e. The van der Waals surface area contributed by atoms with Crippen molar-refractivity contribution in [3.63, 3.8) is 0 Å². The molecule has 0 saturated heterocycles. The number of hydrogen-bond donors (Lipinski definition) is 3. The molecule has 0 aromatic rings. The van der Waals surface area contributed by atoms with Gasteiger partial charge in [0, 0.05) is 25.6 Å². The third-order valence-corrected chi connectivity index (χ3v) is 2.30. The van der Waals surface area contributed by atoms with E-state index in [2.05, 4.69) is 5.32 Å². The lowest BCUT2D eigenvalue weighted by molar-refractivity contribution is -0.121. The van der Waals surface area contributed by atoms with Crippen LogP contribution in [-0.2, 0) is 9.53 Å². The maximum Gasteiger partial charge on any atom is 0.221 e. The number of rotatable bonds is 9. The number of nitrogens with one attached hydrogen (secondary N) is 1. The first kappa shape index (κ1) is 15.3. The van der Waals surface area contributed by atoms with Crippen molar-refractivity contribution in [3.8, 4) is 0 Å². The summed E-state index contributed by atoms with van der Waals surface area (Å²) in [6, 6.07) is -0.0781. The Morgan fingerprint density at radius 3 is 2.69 bits per heavy atom. The molecule has 0 rings (SSSR count). The van der Waals surface area contributed by atoms with Gasteiger partial charge in [-0.15, -0.1) is 0 Å². The molecular weight excluding hydrogens is 208 g/mol. The molecule has 1 atom stereocenters. The fourth-order valence-electron chi connectivity index (χ4n) is 1.09. The predicted molar refractivity (Wildman–Crippen MR) is 63.0 cm³/mol. The van der Waals surface area contributed by atoms with Crippen molar-refractivity contribution >= 4 is 5.91 Å².